The summed E-state index contributed by atoms with van der Waals surface area (Å²) in [4.78, 5) is 0. The number of fused-ring (bicyclic) bond motifs is 2. The Labute approximate surface area is 219 Å². The highest BCUT2D eigenvalue weighted by Gasteiger charge is 2.11. The standard InChI is InChI=1S/C34H27O2P/c1-35-29-17-15-23-19-27(13-11-25(23)21-29)31-7-3-5-9-33(31)37-34-10-6-4-8-32(34)28-14-12-26-22-30(36-2)18-16-24(26)20-28/h3-22,37H,1-2H3. The van der Waals surface area contributed by atoms with Crippen LogP contribution in [0.5, 0.6) is 11.5 Å². The normalized spacial score (nSPS) is 11.1. The average molecular weight is 499 g/mol. The molecule has 37 heavy (non-hydrogen) atoms. The van der Waals surface area contributed by atoms with Crippen LogP contribution in [0, 0.1) is 0 Å². The highest BCUT2D eigenvalue weighted by Crippen LogP contribution is 2.32. The molecule has 0 saturated heterocycles. The molecule has 0 aliphatic carbocycles. The van der Waals surface area contributed by atoms with Gasteiger partial charge in [0.05, 0.1) is 14.2 Å². The lowest BCUT2D eigenvalue weighted by Crippen LogP contribution is -2.08. The van der Waals surface area contributed by atoms with Gasteiger partial charge >= 0.3 is 0 Å². The van der Waals surface area contributed by atoms with Gasteiger partial charge in [-0.1, -0.05) is 93.5 Å². The maximum atomic E-state index is 5.40. The Hall–Kier alpha value is -4.13. The van der Waals surface area contributed by atoms with Gasteiger partial charge in [-0.3, -0.25) is 0 Å². The lowest BCUT2D eigenvalue weighted by molar-refractivity contribution is 0.415. The van der Waals surface area contributed by atoms with Gasteiger partial charge in [-0.2, -0.15) is 0 Å². The first-order chi connectivity index (χ1) is 18.2. The Kier molecular flexibility index (Phi) is 6.35. The van der Waals surface area contributed by atoms with Crippen molar-refractivity contribution in [2.24, 2.45) is 0 Å². The van der Waals surface area contributed by atoms with Gasteiger partial charge in [0.2, 0.25) is 0 Å². The van der Waals surface area contributed by atoms with E-state index in [2.05, 4.69) is 109 Å². The minimum absolute atomic E-state index is 0.535. The van der Waals surface area contributed by atoms with Gasteiger partial charge in [-0.05, 0) is 90.8 Å². The first-order valence-corrected chi connectivity index (χ1v) is 13.3. The molecular formula is C34H27O2P. The van der Waals surface area contributed by atoms with Crippen LogP contribution in [-0.2, 0) is 0 Å². The van der Waals surface area contributed by atoms with Crippen molar-refractivity contribution in [1.29, 1.82) is 0 Å². The monoisotopic (exact) mass is 498 g/mol. The minimum Gasteiger partial charge on any atom is -0.497 e. The van der Waals surface area contributed by atoms with E-state index in [9.17, 15) is 0 Å². The predicted molar refractivity (Wildman–Crippen MR) is 159 cm³/mol. The third-order valence-corrected chi connectivity index (χ3v) is 8.25. The summed E-state index contributed by atoms with van der Waals surface area (Å²) < 4.78 is 10.8. The SMILES string of the molecule is COc1ccc2cc(-c3ccccc3Pc3ccccc3-c3ccc4cc(OC)ccc4c3)ccc2c1. The summed E-state index contributed by atoms with van der Waals surface area (Å²) in [6.45, 7) is 0. The van der Waals surface area contributed by atoms with E-state index in [4.69, 9.17) is 9.47 Å². The summed E-state index contributed by atoms with van der Waals surface area (Å²) in [5, 5.41) is 7.47. The summed E-state index contributed by atoms with van der Waals surface area (Å²) in [6, 6.07) is 43.4. The Morgan fingerprint density at radius 2 is 0.838 bits per heavy atom. The third kappa shape index (κ3) is 4.69. The van der Waals surface area contributed by atoms with Gasteiger partial charge < -0.3 is 9.47 Å². The van der Waals surface area contributed by atoms with E-state index in [-0.39, 0.29) is 0 Å². The number of ether oxygens (including phenoxy) is 2. The molecule has 0 aliphatic rings. The zero-order valence-corrected chi connectivity index (χ0v) is 21.9. The molecule has 0 heterocycles. The van der Waals surface area contributed by atoms with Gasteiger partial charge in [0, 0.05) is 0 Å². The van der Waals surface area contributed by atoms with Crippen LogP contribution >= 0.6 is 8.58 Å². The summed E-state index contributed by atoms with van der Waals surface area (Å²) in [6.07, 6.45) is 0. The average Bonchev–Trinajstić information content (AvgIpc) is 2.96. The van der Waals surface area contributed by atoms with Gasteiger partial charge in [-0.25, -0.2) is 0 Å². The van der Waals surface area contributed by atoms with Crippen molar-refractivity contribution < 1.29 is 9.47 Å². The minimum atomic E-state index is 0.535. The fourth-order valence-corrected chi connectivity index (χ4v) is 6.24. The van der Waals surface area contributed by atoms with Gasteiger partial charge in [0.15, 0.2) is 0 Å². The van der Waals surface area contributed by atoms with Crippen LogP contribution < -0.4 is 20.1 Å². The van der Waals surface area contributed by atoms with E-state index in [1.807, 2.05) is 12.1 Å². The molecule has 0 bridgehead atoms. The zero-order chi connectivity index (χ0) is 25.2. The zero-order valence-electron chi connectivity index (χ0n) is 20.9. The quantitative estimate of drug-likeness (QED) is 0.217. The summed E-state index contributed by atoms with van der Waals surface area (Å²) in [5.74, 6) is 1.76. The van der Waals surface area contributed by atoms with Crippen LogP contribution in [-0.4, -0.2) is 14.2 Å². The van der Waals surface area contributed by atoms with Crippen LogP contribution in [0.3, 0.4) is 0 Å². The van der Waals surface area contributed by atoms with Gasteiger partial charge in [-0.15, -0.1) is 0 Å². The molecule has 6 rings (SSSR count). The largest absolute Gasteiger partial charge is 0.497 e. The van der Waals surface area contributed by atoms with Crippen molar-refractivity contribution >= 4 is 40.7 Å². The van der Waals surface area contributed by atoms with Crippen molar-refractivity contribution in [3.63, 3.8) is 0 Å². The number of rotatable bonds is 6. The first kappa shape index (κ1) is 23.3. The summed E-state index contributed by atoms with van der Waals surface area (Å²) >= 11 is 0. The molecule has 180 valence electrons. The van der Waals surface area contributed by atoms with Gasteiger partial charge in [0.25, 0.3) is 0 Å². The molecule has 0 saturated carbocycles. The maximum absolute atomic E-state index is 5.40. The molecule has 6 aromatic carbocycles. The number of benzene rings is 6. The molecule has 0 aliphatic heterocycles. The maximum Gasteiger partial charge on any atom is 0.119 e. The highest BCUT2D eigenvalue weighted by molar-refractivity contribution is 7.56. The van der Waals surface area contributed by atoms with E-state index >= 15 is 0 Å². The predicted octanol–water partition coefficient (Wildman–Crippen LogP) is 7.97. The summed E-state index contributed by atoms with van der Waals surface area (Å²) in [7, 11) is 3.95. The Morgan fingerprint density at radius 3 is 1.30 bits per heavy atom. The molecule has 0 spiro atoms. The van der Waals surface area contributed by atoms with Crippen LogP contribution in [0.2, 0.25) is 0 Å². The Balaban J connectivity index is 1.38. The second-order valence-corrected chi connectivity index (χ2v) is 10.4. The smallest absolute Gasteiger partial charge is 0.119 e. The number of hydrogen-bond acceptors (Lipinski definition) is 2. The molecule has 0 fully saturated rings. The van der Waals surface area contributed by atoms with E-state index in [1.54, 1.807) is 14.2 Å². The van der Waals surface area contributed by atoms with Crippen molar-refractivity contribution in [3.8, 4) is 33.8 Å². The molecule has 2 nitrogen and oxygen atoms in total. The van der Waals surface area contributed by atoms with Crippen LogP contribution in [0.25, 0.3) is 43.8 Å². The van der Waals surface area contributed by atoms with Crippen molar-refractivity contribution in [2.75, 3.05) is 14.2 Å². The molecule has 3 heteroatoms. The van der Waals surface area contributed by atoms with E-state index in [1.165, 1.54) is 54.4 Å². The van der Waals surface area contributed by atoms with E-state index in [0.717, 1.165) is 11.5 Å². The molecule has 0 radical (unpaired) electrons. The summed E-state index contributed by atoms with van der Waals surface area (Å²) in [5.41, 5.74) is 5.02. The van der Waals surface area contributed by atoms with Crippen molar-refractivity contribution in [3.05, 3.63) is 121 Å². The van der Waals surface area contributed by atoms with Crippen LogP contribution in [0.15, 0.2) is 121 Å². The molecule has 0 aromatic heterocycles. The lowest BCUT2D eigenvalue weighted by Gasteiger charge is -2.15. The number of methoxy groups -OCH3 is 2. The molecule has 0 N–H and O–H groups in total. The topological polar surface area (TPSA) is 18.5 Å². The Morgan fingerprint density at radius 1 is 0.432 bits per heavy atom. The lowest BCUT2D eigenvalue weighted by atomic mass is 10.0. The van der Waals surface area contributed by atoms with Crippen LogP contribution in [0.4, 0.5) is 0 Å². The van der Waals surface area contributed by atoms with Gasteiger partial charge in [0.1, 0.15) is 11.5 Å². The van der Waals surface area contributed by atoms with Crippen LogP contribution in [0.1, 0.15) is 0 Å². The van der Waals surface area contributed by atoms with E-state index < -0.39 is 0 Å². The fraction of sp³-hybridized carbons (Fsp3) is 0.0588. The number of hydrogen-bond donors (Lipinski definition) is 0. The molecule has 0 atom stereocenters. The molecule has 0 amide bonds. The molecule has 6 aromatic rings. The van der Waals surface area contributed by atoms with Crippen molar-refractivity contribution in [1.82, 2.24) is 0 Å². The molecule has 0 unspecified atom stereocenters. The van der Waals surface area contributed by atoms with Crippen molar-refractivity contribution in [2.45, 2.75) is 0 Å². The third-order valence-electron chi connectivity index (χ3n) is 6.84. The second-order valence-electron chi connectivity index (χ2n) is 9.07. The highest BCUT2D eigenvalue weighted by atomic mass is 31.1. The first-order valence-electron chi connectivity index (χ1n) is 12.3. The second kappa shape index (κ2) is 10.1. The molecular weight excluding hydrogens is 471 g/mol. The van der Waals surface area contributed by atoms with E-state index in [0.29, 0.717) is 8.58 Å². The fourth-order valence-electron chi connectivity index (χ4n) is 4.87. The Bertz CT molecular complexity index is 1610.